The Kier molecular flexibility index (Phi) is 8.77. The van der Waals surface area contributed by atoms with Crippen LogP contribution >= 0.6 is 0 Å². The number of anilines is 4. The number of aromatic nitrogens is 2. The van der Waals surface area contributed by atoms with Crippen LogP contribution in [0.15, 0.2) is 188 Å². The van der Waals surface area contributed by atoms with Gasteiger partial charge in [-0.05, 0) is 124 Å². The van der Waals surface area contributed by atoms with Gasteiger partial charge in [0.1, 0.15) is 24.0 Å². The highest BCUT2D eigenvalue weighted by atomic mass is 16.5. The third kappa shape index (κ3) is 7.04. The van der Waals surface area contributed by atoms with Crippen molar-refractivity contribution < 1.29 is 8.85 Å². The lowest BCUT2D eigenvalue weighted by Gasteiger charge is -2.28. The molecule has 0 unspecified atom stereocenters. The Morgan fingerprint density at radius 1 is 0.485 bits per heavy atom. The van der Waals surface area contributed by atoms with Gasteiger partial charge in [-0.1, -0.05) is 150 Å². The minimum Gasteiger partial charge on any atom is -0.457 e. The van der Waals surface area contributed by atoms with Crippen molar-refractivity contribution in [3.8, 4) is 62.0 Å². The Morgan fingerprint density at radius 2 is 1.16 bits per heavy atom. The second-order valence-electron chi connectivity index (χ2n) is 20.3. The van der Waals surface area contributed by atoms with Crippen molar-refractivity contribution in [1.82, 2.24) is 9.55 Å². The first-order valence-corrected chi connectivity index (χ1v) is 23.5. The van der Waals surface area contributed by atoms with Crippen LogP contribution in [0, 0.1) is 6.85 Å². The summed E-state index contributed by atoms with van der Waals surface area (Å²) < 4.78 is 34.1. The SMILES string of the molecule is [2H]C([2H])([2H])c1ccc2c(c1)c1ccc3cc1n2-c1cc(C(C)(C)C)cc(n1)-c1cc(cc(C(C)(C)C)c1)-c1ccccc1-c1cccc(-c2ccccc2)c1N1CN(c2cccc(c2)O3)c2ccccc21. The van der Waals surface area contributed by atoms with E-state index in [2.05, 4.69) is 208 Å². The van der Waals surface area contributed by atoms with E-state index in [9.17, 15) is 0 Å². The summed E-state index contributed by atoms with van der Waals surface area (Å²) in [5.74, 6) is 2.08. The van der Waals surface area contributed by atoms with E-state index >= 15 is 0 Å². The highest BCUT2D eigenvalue weighted by molar-refractivity contribution is 6.10. The van der Waals surface area contributed by atoms with Gasteiger partial charge in [-0.25, -0.2) is 4.98 Å². The van der Waals surface area contributed by atoms with Crippen molar-refractivity contribution in [1.29, 1.82) is 0 Å². The second kappa shape index (κ2) is 15.6. The van der Waals surface area contributed by atoms with Gasteiger partial charge in [-0.2, -0.15) is 0 Å². The predicted octanol–water partition coefficient (Wildman–Crippen LogP) is 17.1. The molecule has 0 atom stereocenters. The number of ether oxygens (including phenoxy) is 1. The van der Waals surface area contributed by atoms with Crippen LogP contribution in [0.2, 0.25) is 0 Å². The largest absolute Gasteiger partial charge is 0.457 e. The molecule has 0 spiro atoms. The minimum absolute atomic E-state index is 0.197. The topological polar surface area (TPSA) is 33.5 Å². The van der Waals surface area contributed by atoms with E-state index in [-0.39, 0.29) is 10.8 Å². The van der Waals surface area contributed by atoms with Gasteiger partial charge in [0.15, 0.2) is 0 Å². The van der Waals surface area contributed by atoms with Crippen LogP contribution in [0.25, 0.3) is 72.3 Å². The number of nitrogens with zero attached hydrogens (tertiary/aromatic N) is 4. The Bertz CT molecular complexity index is 3750. The maximum atomic E-state index is 8.36. The van der Waals surface area contributed by atoms with Crippen LogP contribution in [0.4, 0.5) is 22.7 Å². The molecule has 0 saturated carbocycles. The highest BCUT2D eigenvalue weighted by Gasteiger charge is 2.32. The molecule has 0 aliphatic carbocycles. The number of rotatable bonds is 1. The molecule has 8 aromatic carbocycles. The third-order valence-corrected chi connectivity index (χ3v) is 13.8. The van der Waals surface area contributed by atoms with Crippen LogP contribution in [0.5, 0.6) is 11.5 Å². The van der Waals surface area contributed by atoms with E-state index in [0.717, 1.165) is 101 Å². The summed E-state index contributed by atoms with van der Waals surface area (Å²) in [4.78, 5) is 10.5. The second-order valence-corrected chi connectivity index (χ2v) is 20.3. The molecular weight excluding hydrogens is 829 g/mol. The molecule has 10 bridgehead atoms. The zero-order chi connectivity index (χ0) is 49.0. The quantitative estimate of drug-likeness (QED) is 0.164. The molecule has 0 N–H and O–H groups in total. The Labute approximate surface area is 403 Å². The van der Waals surface area contributed by atoms with Gasteiger partial charge < -0.3 is 14.5 Å². The molecule has 2 aromatic heterocycles. The number of hydrogen-bond acceptors (Lipinski definition) is 4. The molecule has 0 fully saturated rings. The van der Waals surface area contributed by atoms with E-state index in [0.29, 0.717) is 23.7 Å². The Hall–Kier alpha value is -7.89. The molecular formula is C63H54N4O. The van der Waals surface area contributed by atoms with Crippen LogP contribution < -0.4 is 14.5 Å². The van der Waals surface area contributed by atoms with Gasteiger partial charge in [-0.3, -0.25) is 4.57 Å². The van der Waals surface area contributed by atoms with E-state index in [1.54, 1.807) is 6.07 Å². The van der Waals surface area contributed by atoms with Crippen molar-refractivity contribution in [2.24, 2.45) is 0 Å². The molecule has 2 aliphatic rings. The van der Waals surface area contributed by atoms with Gasteiger partial charge >= 0.3 is 0 Å². The van der Waals surface area contributed by atoms with Crippen LogP contribution in [0.3, 0.4) is 0 Å². The van der Waals surface area contributed by atoms with Gasteiger partial charge in [-0.15, -0.1) is 0 Å². The van der Waals surface area contributed by atoms with Gasteiger partial charge in [0, 0.05) is 49.4 Å². The van der Waals surface area contributed by atoms with E-state index in [1.807, 2.05) is 30.3 Å². The summed E-state index contributed by atoms with van der Waals surface area (Å²) in [6, 6.07) is 66.3. The molecule has 10 aromatic rings. The molecule has 5 heteroatoms. The summed E-state index contributed by atoms with van der Waals surface area (Å²) >= 11 is 0. The first-order chi connectivity index (χ1) is 34.1. The fourth-order valence-electron chi connectivity index (χ4n) is 10.2. The first kappa shape index (κ1) is 38.2. The summed E-state index contributed by atoms with van der Waals surface area (Å²) in [7, 11) is 0. The minimum atomic E-state index is -2.28. The normalized spacial score (nSPS) is 14.1. The van der Waals surface area contributed by atoms with Crippen molar-refractivity contribution in [3.05, 3.63) is 205 Å². The predicted molar refractivity (Wildman–Crippen MR) is 285 cm³/mol. The van der Waals surface area contributed by atoms with Crippen LogP contribution in [-0.4, -0.2) is 16.2 Å². The number of fused-ring (bicyclic) bond motifs is 23. The standard InChI is InChI=1S/C63H54N4O/c1-40-27-30-56-54(31-40)52-29-28-48-38-59(52)67(56)60-36-45(63(5,6)7)35-55(64-60)43-32-42(33-44(34-43)62(2,3)4)49-21-11-12-22-51(49)53-24-16-23-50(41-17-9-8-10-18-41)61(53)66-39-65(57-25-13-14-26-58(57)66)46-19-15-20-47(37-46)68-48/h8-38H,39H2,1-7H3/i1D3. The van der Waals surface area contributed by atoms with Crippen molar-refractivity contribution in [3.63, 3.8) is 0 Å². The highest BCUT2D eigenvalue weighted by Crippen LogP contribution is 2.52. The lowest BCUT2D eigenvalue weighted by molar-refractivity contribution is 0.483. The number of para-hydroxylation sites is 3. The molecule has 12 rings (SSSR count). The van der Waals surface area contributed by atoms with Gasteiger partial charge in [0.2, 0.25) is 0 Å². The molecule has 0 amide bonds. The maximum absolute atomic E-state index is 8.36. The zero-order valence-corrected chi connectivity index (χ0v) is 39.3. The van der Waals surface area contributed by atoms with E-state index < -0.39 is 6.85 Å². The first-order valence-electron chi connectivity index (χ1n) is 25.0. The molecule has 4 heterocycles. The Morgan fingerprint density at radius 3 is 1.96 bits per heavy atom. The van der Waals surface area contributed by atoms with Crippen LogP contribution in [0.1, 0.15) is 62.3 Å². The monoisotopic (exact) mass is 885 g/mol. The molecule has 68 heavy (non-hydrogen) atoms. The molecule has 0 radical (unpaired) electrons. The maximum Gasteiger partial charge on any atom is 0.138 e. The Balaban J connectivity index is 1.19. The number of pyridine rings is 1. The molecule has 0 saturated heterocycles. The average Bonchev–Trinajstić information content (AvgIpc) is 3.91. The summed E-state index contributed by atoms with van der Waals surface area (Å²) in [6.07, 6.45) is 0. The van der Waals surface area contributed by atoms with E-state index in [1.165, 1.54) is 5.56 Å². The molecule has 2 aliphatic heterocycles. The lowest BCUT2D eigenvalue weighted by atomic mass is 9.82. The zero-order valence-electron chi connectivity index (χ0n) is 42.3. The smallest absolute Gasteiger partial charge is 0.138 e. The lowest BCUT2D eigenvalue weighted by Crippen LogP contribution is -2.25. The molecule has 332 valence electrons. The van der Waals surface area contributed by atoms with Gasteiger partial charge in [0.25, 0.3) is 0 Å². The number of hydrogen-bond donors (Lipinski definition) is 0. The average molecular weight is 886 g/mol. The fourth-order valence-corrected chi connectivity index (χ4v) is 10.2. The van der Waals surface area contributed by atoms with Crippen molar-refractivity contribution >= 4 is 44.6 Å². The fraction of sp³-hybridized carbons (Fsp3) is 0.159. The summed E-state index contributed by atoms with van der Waals surface area (Å²) in [5.41, 5.74) is 16.9. The van der Waals surface area contributed by atoms with E-state index in [4.69, 9.17) is 13.8 Å². The summed E-state index contributed by atoms with van der Waals surface area (Å²) in [5, 5.41) is 1.75. The van der Waals surface area contributed by atoms with Crippen molar-refractivity contribution in [2.45, 2.75) is 59.2 Å². The number of benzene rings is 8. The van der Waals surface area contributed by atoms with Crippen molar-refractivity contribution in [2.75, 3.05) is 16.5 Å². The number of aryl methyl sites for hydroxylation is 1. The summed E-state index contributed by atoms with van der Waals surface area (Å²) in [6.45, 7) is 11.8. The van der Waals surface area contributed by atoms with Crippen LogP contribution in [-0.2, 0) is 10.8 Å². The van der Waals surface area contributed by atoms with Gasteiger partial charge in [0.05, 0.1) is 33.8 Å². The third-order valence-electron chi connectivity index (χ3n) is 13.8. The molecule has 5 nitrogen and oxygen atoms in total.